The summed E-state index contributed by atoms with van der Waals surface area (Å²) in [4.78, 5) is 12.1. The van der Waals surface area contributed by atoms with Gasteiger partial charge >= 0.3 is 0 Å². The van der Waals surface area contributed by atoms with E-state index in [-0.39, 0.29) is 5.78 Å². The molecule has 0 saturated heterocycles. The molecule has 3 heteroatoms. The predicted molar refractivity (Wildman–Crippen MR) is 84.3 cm³/mol. The Morgan fingerprint density at radius 3 is 2.40 bits per heavy atom. The van der Waals surface area contributed by atoms with Gasteiger partial charge in [0.15, 0.2) is 5.78 Å². The Morgan fingerprint density at radius 2 is 1.75 bits per heavy atom. The fourth-order valence-electron chi connectivity index (χ4n) is 2.28. The first-order chi connectivity index (χ1) is 9.69. The summed E-state index contributed by atoms with van der Waals surface area (Å²) in [5.74, 6) is 0.803. The monoisotopic (exact) mass is 277 g/mol. The molecule has 0 radical (unpaired) electrons. The molecule has 1 rings (SSSR count). The van der Waals surface area contributed by atoms with E-state index < -0.39 is 0 Å². The van der Waals surface area contributed by atoms with Crippen molar-refractivity contribution in [3.8, 4) is 5.75 Å². The molecule has 3 nitrogen and oxygen atoms in total. The molecule has 1 aromatic rings. The predicted octanol–water partition coefficient (Wildman–Crippen LogP) is 4.60. The third-order valence-electron chi connectivity index (χ3n) is 3.57. The fourth-order valence-corrected chi connectivity index (χ4v) is 2.28. The summed E-state index contributed by atoms with van der Waals surface area (Å²) < 4.78 is 5.13. The van der Waals surface area contributed by atoms with Crippen molar-refractivity contribution in [3.05, 3.63) is 23.8 Å². The number of rotatable bonds is 10. The summed E-state index contributed by atoms with van der Waals surface area (Å²) in [6, 6.07) is 5.25. The van der Waals surface area contributed by atoms with Crippen LogP contribution in [0.4, 0.5) is 5.69 Å². The molecule has 2 N–H and O–H groups in total. The Kier molecular flexibility index (Phi) is 7.78. The average Bonchev–Trinajstić information content (AvgIpc) is 2.46. The van der Waals surface area contributed by atoms with E-state index in [4.69, 9.17) is 10.5 Å². The molecule has 0 aliphatic carbocycles. The standard InChI is InChI=1S/C17H27NO2/c1-3-4-5-6-7-8-9-10-17(19)15-13-14(20-2)11-12-16(15)18/h11-13H,3-10,18H2,1-2H3. The molecule has 0 saturated carbocycles. The number of nitrogen functional groups attached to an aromatic ring is 1. The molecule has 0 spiro atoms. The van der Waals surface area contributed by atoms with E-state index in [0.29, 0.717) is 23.4 Å². The summed E-state index contributed by atoms with van der Waals surface area (Å²) in [6.45, 7) is 2.22. The summed E-state index contributed by atoms with van der Waals surface area (Å²) in [7, 11) is 1.59. The molecule has 0 fully saturated rings. The van der Waals surface area contributed by atoms with Crippen LogP contribution in [0, 0.1) is 0 Å². The van der Waals surface area contributed by atoms with Crippen molar-refractivity contribution < 1.29 is 9.53 Å². The van der Waals surface area contributed by atoms with E-state index in [0.717, 1.165) is 12.8 Å². The summed E-state index contributed by atoms with van der Waals surface area (Å²) in [5, 5.41) is 0. The molecule has 0 heterocycles. The third kappa shape index (κ3) is 5.64. The first-order valence-electron chi connectivity index (χ1n) is 7.65. The van der Waals surface area contributed by atoms with Crippen LogP contribution in [-0.4, -0.2) is 12.9 Å². The second-order valence-corrected chi connectivity index (χ2v) is 5.25. The number of nitrogens with two attached hydrogens (primary N) is 1. The van der Waals surface area contributed by atoms with E-state index in [2.05, 4.69) is 6.92 Å². The lowest BCUT2D eigenvalue weighted by Gasteiger charge is -2.07. The van der Waals surface area contributed by atoms with Crippen LogP contribution in [0.1, 0.15) is 68.6 Å². The highest BCUT2D eigenvalue weighted by atomic mass is 16.5. The lowest BCUT2D eigenvalue weighted by molar-refractivity contribution is 0.0979. The number of anilines is 1. The molecule has 20 heavy (non-hydrogen) atoms. The number of carbonyl (C=O) groups is 1. The zero-order valence-corrected chi connectivity index (χ0v) is 12.8. The van der Waals surface area contributed by atoms with Crippen molar-refractivity contribution in [2.75, 3.05) is 12.8 Å². The van der Waals surface area contributed by atoms with Crippen LogP contribution in [0.25, 0.3) is 0 Å². The quantitative estimate of drug-likeness (QED) is 0.386. The van der Waals surface area contributed by atoms with Crippen LogP contribution in [0.3, 0.4) is 0 Å². The molecule has 0 atom stereocenters. The number of carbonyl (C=O) groups excluding carboxylic acids is 1. The Labute approximate surface area is 122 Å². The first kappa shape index (κ1) is 16.5. The zero-order chi connectivity index (χ0) is 14.8. The van der Waals surface area contributed by atoms with Gasteiger partial charge in [0, 0.05) is 17.7 Å². The minimum Gasteiger partial charge on any atom is -0.497 e. The van der Waals surface area contributed by atoms with Crippen molar-refractivity contribution in [3.63, 3.8) is 0 Å². The van der Waals surface area contributed by atoms with E-state index in [1.807, 2.05) is 0 Å². The van der Waals surface area contributed by atoms with E-state index in [9.17, 15) is 4.79 Å². The minimum atomic E-state index is 0.120. The molecule has 0 aromatic heterocycles. The van der Waals surface area contributed by atoms with Crippen molar-refractivity contribution in [1.29, 1.82) is 0 Å². The number of hydrogen-bond donors (Lipinski definition) is 1. The molecule has 112 valence electrons. The van der Waals surface area contributed by atoms with Gasteiger partial charge in [0.1, 0.15) is 5.75 Å². The number of hydrogen-bond acceptors (Lipinski definition) is 3. The molecular weight excluding hydrogens is 250 g/mol. The summed E-state index contributed by atoms with van der Waals surface area (Å²) in [5.41, 5.74) is 6.99. The molecule has 0 unspecified atom stereocenters. The van der Waals surface area contributed by atoms with Crippen LogP contribution in [0.15, 0.2) is 18.2 Å². The fraction of sp³-hybridized carbons (Fsp3) is 0.588. The van der Waals surface area contributed by atoms with Gasteiger partial charge in [0.2, 0.25) is 0 Å². The summed E-state index contributed by atoms with van der Waals surface area (Å²) >= 11 is 0. The minimum absolute atomic E-state index is 0.120. The topological polar surface area (TPSA) is 52.3 Å². The van der Waals surface area contributed by atoms with Gasteiger partial charge < -0.3 is 10.5 Å². The van der Waals surface area contributed by atoms with Crippen LogP contribution in [0.5, 0.6) is 5.75 Å². The molecular formula is C17H27NO2. The molecule has 0 amide bonds. The smallest absolute Gasteiger partial charge is 0.165 e. The third-order valence-corrected chi connectivity index (χ3v) is 3.57. The Balaban J connectivity index is 2.32. The van der Waals surface area contributed by atoms with Gasteiger partial charge in [-0.25, -0.2) is 0 Å². The maximum atomic E-state index is 12.1. The van der Waals surface area contributed by atoms with Crippen LogP contribution in [-0.2, 0) is 0 Å². The second kappa shape index (κ2) is 9.40. The number of benzene rings is 1. The Morgan fingerprint density at radius 1 is 1.10 bits per heavy atom. The van der Waals surface area contributed by atoms with Gasteiger partial charge in [-0.1, -0.05) is 45.4 Å². The van der Waals surface area contributed by atoms with E-state index in [1.54, 1.807) is 25.3 Å². The van der Waals surface area contributed by atoms with Gasteiger partial charge in [-0.05, 0) is 24.6 Å². The number of unbranched alkanes of at least 4 members (excludes halogenated alkanes) is 6. The van der Waals surface area contributed by atoms with Gasteiger partial charge in [-0.2, -0.15) is 0 Å². The van der Waals surface area contributed by atoms with E-state index >= 15 is 0 Å². The zero-order valence-electron chi connectivity index (χ0n) is 12.8. The van der Waals surface area contributed by atoms with Crippen molar-refractivity contribution in [2.24, 2.45) is 0 Å². The highest BCUT2D eigenvalue weighted by Crippen LogP contribution is 2.22. The van der Waals surface area contributed by atoms with Crippen LogP contribution in [0.2, 0.25) is 0 Å². The van der Waals surface area contributed by atoms with E-state index in [1.165, 1.54) is 32.1 Å². The Hall–Kier alpha value is -1.51. The van der Waals surface area contributed by atoms with Gasteiger partial charge in [-0.3, -0.25) is 4.79 Å². The molecule has 1 aromatic carbocycles. The summed E-state index contributed by atoms with van der Waals surface area (Å²) in [6.07, 6.45) is 9.05. The van der Waals surface area contributed by atoms with Crippen molar-refractivity contribution in [1.82, 2.24) is 0 Å². The van der Waals surface area contributed by atoms with Crippen LogP contribution >= 0.6 is 0 Å². The van der Waals surface area contributed by atoms with Crippen molar-refractivity contribution >= 4 is 11.5 Å². The maximum Gasteiger partial charge on any atom is 0.165 e. The Bertz CT molecular complexity index is 415. The van der Waals surface area contributed by atoms with Crippen LogP contribution < -0.4 is 10.5 Å². The van der Waals surface area contributed by atoms with Gasteiger partial charge in [-0.15, -0.1) is 0 Å². The SMILES string of the molecule is CCCCCCCCCC(=O)c1cc(OC)ccc1N. The van der Waals surface area contributed by atoms with Gasteiger partial charge in [0.25, 0.3) is 0 Å². The first-order valence-corrected chi connectivity index (χ1v) is 7.65. The lowest BCUT2D eigenvalue weighted by Crippen LogP contribution is -2.04. The number of ether oxygens (including phenoxy) is 1. The largest absolute Gasteiger partial charge is 0.497 e. The van der Waals surface area contributed by atoms with Gasteiger partial charge in [0.05, 0.1) is 7.11 Å². The lowest BCUT2D eigenvalue weighted by atomic mass is 10.0. The molecule has 0 bridgehead atoms. The number of ketones is 1. The highest BCUT2D eigenvalue weighted by Gasteiger charge is 2.10. The maximum absolute atomic E-state index is 12.1. The average molecular weight is 277 g/mol. The molecule has 0 aliphatic rings. The second-order valence-electron chi connectivity index (χ2n) is 5.25. The normalized spacial score (nSPS) is 10.5. The van der Waals surface area contributed by atoms with Crippen molar-refractivity contribution in [2.45, 2.75) is 58.3 Å². The number of methoxy groups -OCH3 is 1. The highest BCUT2D eigenvalue weighted by molar-refractivity contribution is 6.01. The number of Topliss-reactive ketones (excluding diaryl/α,β-unsaturated/α-hetero) is 1. The molecule has 0 aliphatic heterocycles.